The zero-order chi connectivity index (χ0) is 21.5. The molecule has 0 saturated heterocycles. The van der Waals surface area contributed by atoms with Gasteiger partial charge in [0.1, 0.15) is 23.0 Å². The number of hydrogen-bond acceptors (Lipinski definition) is 8. The Kier molecular flexibility index (Phi) is 7.76. The Morgan fingerprint density at radius 2 is 1.04 bits per heavy atom. The number of anilines is 2. The largest absolute Gasteiger partial charge is 0.508 e. The van der Waals surface area contributed by atoms with Crippen LogP contribution in [0.3, 0.4) is 0 Å². The lowest BCUT2D eigenvalue weighted by atomic mass is 10.3. The summed E-state index contributed by atoms with van der Waals surface area (Å²) in [4.78, 5) is 0. The average Bonchev–Trinajstić information content (AvgIpc) is 2.50. The van der Waals surface area contributed by atoms with E-state index < -0.39 is 20.0 Å². The summed E-state index contributed by atoms with van der Waals surface area (Å²) in [5.41, 5.74) is 0.536. The Hall–Kier alpha value is -2.86. The van der Waals surface area contributed by atoms with Crippen molar-refractivity contribution < 1.29 is 36.5 Å². The lowest BCUT2D eigenvalue weighted by Gasteiger charge is -2.08. The van der Waals surface area contributed by atoms with E-state index in [1.807, 2.05) is 0 Å². The summed E-state index contributed by atoms with van der Waals surface area (Å²) < 4.78 is 58.0. The molecule has 10 nitrogen and oxygen atoms in total. The third-order valence-electron chi connectivity index (χ3n) is 2.86. The van der Waals surface area contributed by atoms with Crippen molar-refractivity contribution in [1.29, 1.82) is 0 Å². The Morgan fingerprint density at radius 1 is 0.679 bits per heavy atom. The zero-order valence-electron chi connectivity index (χ0n) is 15.6. The molecule has 0 aliphatic rings. The molecule has 156 valence electrons. The average molecular weight is 434 g/mol. The molecule has 0 aliphatic heterocycles. The minimum atomic E-state index is -3.38. The molecule has 2 rings (SSSR count). The second-order valence-corrected chi connectivity index (χ2v) is 9.08. The van der Waals surface area contributed by atoms with E-state index in [1.165, 1.54) is 26.4 Å². The molecule has 0 saturated carbocycles. The Bertz CT molecular complexity index is 978. The number of sulfonamides is 2. The second kappa shape index (κ2) is 9.37. The van der Waals surface area contributed by atoms with E-state index in [2.05, 4.69) is 9.44 Å². The van der Waals surface area contributed by atoms with Crippen LogP contribution in [-0.2, 0) is 20.0 Å². The minimum absolute atomic E-state index is 0.125. The van der Waals surface area contributed by atoms with E-state index in [4.69, 9.17) is 19.7 Å². The fourth-order valence-electron chi connectivity index (χ4n) is 1.95. The van der Waals surface area contributed by atoms with Crippen LogP contribution in [0.1, 0.15) is 0 Å². The molecule has 4 N–H and O–H groups in total. The number of aromatic hydroxyl groups is 2. The van der Waals surface area contributed by atoms with Gasteiger partial charge in [-0.05, 0) is 0 Å². The number of methoxy groups -OCH3 is 2. The van der Waals surface area contributed by atoms with Gasteiger partial charge in [0.15, 0.2) is 0 Å². The summed E-state index contributed by atoms with van der Waals surface area (Å²) >= 11 is 0. The molecule has 0 aliphatic carbocycles. The van der Waals surface area contributed by atoms with Gasteiger partial charge in [-0.2, -0.15) is 0 Å². The molecule has 0 amide bonds. The molecule has 12 heteroatoms. The van der Waals surface area contributed by atoms with Crippen LogP contribution in [0.25, 0.3) is 0 Å². The molecule has 0 unspecified atom stereocenters. The molecule has 28 heavy (non-hydrogen) atoms. The van der Waals surface area contributed by atoms with Gasteiger partial charge in [-0.25, -0.2) is 16.8 Å². The first-order valence-electron chi connectivity index (χ1n) is 7.53. The highest BCUT2D eigenvalue weighted by atomic mass is 32.2. The lowest BCUT2D eigenvalue weighted by molar-refractivity contribution is 0.395. The fraction of sp³-hybridized carbons (Fsp3) is 0.250. The normalized spacial score (nSPS) is 11.0. The summed E-state index contributed by atoms with van der Waals surface area (Å²) in [5.74, 6) is 0.651. The van der Waals surface area contributed by atoms with Crippen LogP contribution in [-0.4, -0.2) is 53.8 Å². The SMILES string of the molecule is COc1cc(NS(C)(=O)=O)cc(OC)c1.CS(=O)(=O)Nc1cc(O)cc(O)c1. The van der Waals surface area contributed by atoms with Crippen molar-refractivity contribution in [2.45, 2.75) is 0 Å². The monoisotopic (exact) mass is 434 g/mol. The maximum absolute atomic E-state index is 11.0. The molecule has 2 aromatic rings. The highest BCUT2D eigenvalue weighted by Crippen LogP contribution is 2.26. The van der Waals surface area contributed by atoms with Gasteiger partial charge in [0.2, 0.25) is 20.0 Å². The van der Waals surface area contributed by atoms with Gasteiger partial charge in [0.05, 0.1) is 38.1 Å². The first kappa shape index (κ1) is 23.2. The third kappa shape index (κ3) is 9.19. The first-order valence-corrected chi connectivity index (χ1v) is 11.3. The number of hydrogen-bond donors (Lipinski definition) is 4. The number of rotatable bonds is 6. The predicted molar refractivity (Wildman–Crippen MR) is 106 cm³/mol. The number of benzene rings is 2. The molecule has 0 fully saturated rings. The van der Waals surface area contributed by atoms with Gasteiger partial charge >= 0.3 is 0 Å². The van der Waals surface area contributed by atoms with Crippen molar-refractivity contribution in [2.75, 3.05) is 36.2 Å². The summed E-state index contributed by atoms with van der Waals surface area (Å²) in [5, 5.41) is 18.0. The standard InChI is InChI=1S/C9H13NO4S.C7H9NO4S/c1-13-8-4-7(10-15(3,11)12)5-9(6-8)14-2;1-13(11,12)8-5-2-6(9)4-7(10)3-5/h4-6,10H,1-3H3;2-4,8-10H,1H3. The van der Waals surface area contributed by atoms with E-state index in [9.17, 15) is 16.8 Å². The maximum Gasteiger partial charge on any atom is 0.229 e. The van der Waals surface area contributed by atoms with Crippen molar-refractivity contribution in [3.8, 4) is 23.0 Å². The van der Waals surface area contributed by atoms with Crippen molar-refractivity contribution in [1.82, 2.24) is 0 Å². The smallest absolute Gasteiger partial charge is 0.229 e. The quantitative estimate of drug-likeness (QED) is 0.534. The maximum atomic E-state index is 11.0. The van der Waals surface area contributed by atoms with Gasteiger partial charge in [0, 0.05) is 36.4 Å². The Balaban J connectivity index is 0.000000283. The fourth-order valence-corrected chi connectivity index (χ4v) is 3.04. The summed E-state index contributed by atoms with van der Waals surface area (Å²) in [6.45, 7) is 0. The first-order chi connectivity index (χ1) is 12.8. The minimum Gasteiger partial charge on any atom is -0.508 e. The molecule has 0 spiro atoms. The van der Waals surface area contributed by atoms with Crippen LogP contribution in [0.5, 0.6) is 23.0 Å². The van der Waals surface area contributed by atoms with E-state index in [-0.39, 0.29) is 17.2 Å². The number of phenolic OH excluding ortho intramolecular Hbond substituents is 2. The van der Waals surface area contributed by atoms with Crippen LogP contribution < -0.4 is 18.9 Å². The third-order valence-corrected chi connectivity index (χ3v) is 4.07. The second-order valence-electron chi connectivity index (χ2n) is 5.59. The molecular weight excluding hydrogens is 412 g/mol. The number of nitrogens with one attached hydrogen (secondary N) is 2. The van der Waals surface area contributed by atoms with Gasteiger partial charge in [-0.3, -0.25) is 9.44 Å². The topological polar surface area (TPSA) is 151 Å². The predicted octanol–water partition coefficient (Wildman–Crippen LogP) is 1.54. The van der Waals surface area contributed by atoms with Crippen LogP contribution in [0.4, 0.5) is 11.4 Å². The Labute approximate surface area is 163 Å². The van der Waals surface area contributed by atoms with Gasteiger partial charge in [-0.15, -0.1) is 0 Å². The van der Waals surface area contributed by atoms with Crippen molar-refractivity contribution in [3.05, 3.63) is 36.4 Å². The molecular formula is C16H22N2O8S2. The van der Waals surface area contributed by atoms with Crippen LogP contribution >= 0.6 is 0 Å². The molecule has 2 aromatic carbocycles. The number of phenols is 2. The van der Waals surface area contributed by atoms with E-state index in [0.29, 0.717) is 17.2 Å². The number of ether oxygens (including phenoxy) is 2. The molecule has 0 aromatic heterocycles. The van der Waals surface area contributed by atoms with Crippen molar-refractivity contribution >= 4 is 31.4 Å². The van der Waals surface area contributed by atoms with Crippen molar-refractivity contribution in [3.63, 3.8) is 0 Å². The van der Waals surface area contributed by atoms with E-state index >= 15 is 0 Å². The summed E-state index contributed by atoms with van der Waals surface area (Å²) in [6.07, 6.45) is 2.06. The van der Waals surface area contributed by atoms with Gasteiger partial charge < -0.3 is 19.7 Å². The van der Waals surface area contributed by atoms with E-state index in [1.54, 1.807) is 18.2 Å². The summed E-state index contributed by atoms with van der Waals surface area (Å²) in [6, 6.07) is 8.30. The highest BCUT2D eigenvalue weighted by molar-refractivity contribution is 7.92. The summed E-state index contributed by atoms with van der Waals surface area (Å²) in [7, 11) is -3.67. The van der Waals surface area contributed by atoms with Crippen LogP contribution in [0.15, 0.2) is 36.4 Å². The lowest BCUT2D eigenvalue weighted by Crippen LogP contribution is -2.09. The Morgan fingerprint density at radius 3 is 1.36 bits per heavy atom. The van der Waals surface area contributed by atoms with E-state index in [0.717, 1.165) is 18.6 Å². The molecule has 0 radical (unpaired) electrons. The molecule has 0 bridgehead atoms. The zero-order valence-corrected chi connectivity index (χ0v) is 17.3. The molecule has 0 heterocycles. The van der Waals surface area contributed by atoms with Gasteiger partial charge in [0.25, 0.3) is 0 Å². The van der Waals surface area contributed by atoms with Crippen molar-refractivity contribution in [2.24, 2.45) is 0 Å². The molecule has 0 atom stereocenters. The van der Waals surface area contributed by atoms with Gasteiger partial charge in [-0.1, -0.05) is 0 Å². The highest BCUT2D eigenvalue weighted by Gasteiger charge is 2.06. The van der Waals surface area contributed by atoms with Crippen LogP contribution in [0, 0.1) is 0 Å². The van der Waals surface area contributed by atoms with Crippen LogP contribution in [0.2, 0.25) is 0 Å².